The van der Waals surface area contributed by atoms with Crippen LogP contribution in [0.2, 0.25) is 0 Å². The van der Waals surface area contributed by atoms with Gasteiger partial charge in [-0.25, -0.2) is 4.39 Å². The first-order chi connectivity index (χ1) is 11.2. The topological polar surface area (TPSA) is 23.8 Å². The first kappa shape index (κ1) is 13.7. The Morgan fingerprint density at radius 3 is 2.43 bits per heavy atom. The second-order valence-electron chi connectivity index (χ2n) is 5.88. The molecule has 0 radical (unpaired) electrons. The van der Waals surface area contributed by atoms with Crippen molar-refractivity contribution in [2.75, 3.05) is 0 Å². The van der Waals surface area contributed by atoms with Gasteiger partial charge in [0, 0.05) is 0 Å². The highest BCUT2D eigenvalue weighted by Gasteiger charge is 2.26. The van der Waals surface area contributed by atoms with Crippen molar-refractivity contribution < 1.29 is 4.39 Å². The van der Waals surface area contributed by atoms with Crippen LogP contribution in [0.3, 0.4) is 0 Å². The molecule has 1 aliphatic carbocycles. The highest BCUT2D eigenvalue weighted by molar-refractivity contribution is 5.88. The van der Waals surface area contributed by atoms with E-state index in [1.54, 1.807) is 12.1 Å². The molecule has 0 aromatic heterocycles. The number of benzene rings is 3. The average Bonchev–Trinajstić information content (AvgIpc) is 2.98. The normalized spacial score (nSPS) is 11.7. The molecule has 1 nitrogen and oxygen atoms in total. The van der Waals surface area contributed by atoms with Crippen LogP contribution in [-0.2, 0) is 6.42 Å². The standard InChI is InChI=1S/C21H14FN/c1-13-20(22)11-18(16-8-4-3-7-15(16)12-23)19-10-14-6-2-5-9-17(14)21(13)19/h2-9,11H,10H2,1H3. The average molecular weight is 299 g/mol. The van der Waals surface area contributed by atoms with Gasteiger partial charge in [-0.05, 0) is 64.4 Å². The molecule has 0 bridgehead atoms. The fourth-order valence-corrected chi connectivity index (χ4v) is 3.52. The van der Waals surface area contributed by atoms with E-state index in [9.17, 15) is 9.65 Å². The van der Waals surface area contributed by atoms with Gasteiger partial charge in [0.05, 0.1) is 11.6 Å². The summed E-state index contributed by atoms with van der Waals surface area (Å²) in [5, 5.41) is 9.38. The molecular weight excluding hydrogens is 285 g/mol. The molecule has 0 saturated heterocycles. The highest BCUT2D eigenvalue weighted by atomic mass is 19.1. The molecule has 0 spiro atoms. The molecule has 0 N–H and O–H groups in total. The number of rotatable bonds is 1. The Bertz CT molecular complexity index is 980. The Balaban J connectivity index is 2.06. The van der Waals surface area contributed by atoms with Crippen LogP contribution in [0, 0.1) is 24.1 Å². The van der Waals surface area contributed by atoms with Gasteiger partial charge in [0.25, 0.3) is 0 Å². The molecule has 0 atom stereocenters. The van der Waals surface area contributed by atoms with Crippen LogP contribution < -0.4 is 0 Å². The molecule has 3 aromatic carbocycles. The molecular formula is C21H14FN. The Kier molecular flexibility index (Phi) is 3.02. The summed E-state index contributed by atoms with van der Waals surface area (Å²) in [5.74, 6) is -0.219. The predicted molar refractivity (Wildman–Crippen MR) is 89.5 cm³/mol. The summed E-state index contributed by atoms with van der Waals surface area (Å²) >= 11 is 0. The van der Waals surface area contributed by atoms with E-state index in [2.05, 4.69) is 12.1 Å². The van der Waals surface area contributed by atoms with Gasteiger partial charge in [0.15, 0.2) is 0 Å². The summed E-state index contributed by atoms with van der Waals surface area (Å²) in [7, 11) is 0. The molecule has 3 aromatic rings. The van der Waals surface area contributed by atoms with Gasteiger partial charge in [-0.1, -0.05) is 42.5 Å². The van der Waals surface area contributed by atoms with Crippen molar-refractivity contribution in [3.63, 3.8) is 0 Å². The molecule has 0 saturated carbocycles. The van der Waals surface area contributed by atoms with Crippen LogP contribution in [0.4, 0.5) is 4.39 Å². The quantitative estimate of drug-likeness (QED) is 0.471. The molecule has 23 heavy (non-hydrogen) atoms. The lowest BCUT2D eigenvalue weighted by Crippen LogP contribution is -1.96. The molecule has 0 heterocycles. The smallest absolute Gasteiger partial charge is 0.127 e. The van der Waals surface area contributed by atoms with Crippen LogP contribution in [0.1, 0.15) is 22.3 Å². The highest BCUT2D eigenvalue weighted by Crippen LogP contribution is 2.44. The zero-order chi connectivity index (χ0) is 16.0. The SMILES string of the molecule is Cc1c(F)cc(-c2ccccc2C#N)c2c1-c1ccccc1C2. The van der Waals surface area contributed by atoms with Crippen LogP contribution in [0.5, 0.6) is 0 Å². The summed E-state index contributed by atoms with van der Waals surface area (Å²) in [6.07, 6.45) is 0.779. The van der Waals surface area contributed by atoms with Gasteiger partial charge in [-0.3, -0.25) is 0 Å². The van der Waals surface area contributed by atoms with Crippen LogP contribution in [0.15, 0.2) is 54.6 Å². The van der Waals surface area contributed by atoms with E-state index in [4.69, 9.17) is 0 Å². The number of hydrogen-bond acceptors (Lipinski definition) is 1. The van der Waals surface area contributed by atoms with Crippen molar-refractivity contribution in [1.29, 1.82) is 5.26 Å². The van der Waals surface area contributed by atoms with Gasteiger partial charge in [-0.2, -0.15) is 5.26 Å². The Labute approximate surface area is 134 Å². The molecule has 2 heteroatoms. The lowest BCUT2D eigenvalue weighted by molar-refractivity contribution is 0.619. The fourth-order valence-electron chi connectivity index (χ4n) is 3.52. The van der Waals surface area contributed by atoms with Gasteiger partial charge in [0.2, 0.25) is 0 Å². The molecule has 1 aliphatic rings. The number of nitriles is 1. The van der Waals surface area contributed by atoms with E-state index in [1.807, 2.05) is 43.3 Å². The first-order valence-electron chi connectivity index (χ1n) is 7.60. The number of halogens is 1. The van der Waals surface area contributed by atoms with Gasteiger partial charge in [-0.15, -0.1) is 0 Å². The summed E-state index contributed by atoms with van der Waals surface area (Å²) in [6, 6.07) is 19.3. The van der Waals surface area contributed by atoms with Crippen molar-refractivity contribution in [2.24, 2.45) is 0 Å². The third-order valence-corrected chi connectivity index (χ3v) is 4.62. The van der Waals surface area contributed by atoms with E-state index >= 15 is 0 Å². The zero-order valence-corrected chi connectivity index (χ0v) is 12.7. The minimum Gasteiger partial charge on any atom is -0.207 e. The Morgan fingerprint density at radius 2 is 1.65 bits per heavy atom. The van der Waals surface area contributed by atoms with Crippen LogP contribution in [0.25, 0.3) is 22.3 Å². The first-order valence-corrected chi connectivity index (χ1v) is 7.60. The largest absolute Gasteiger partial charge is 0.207 e. The molecule has 4 rings (SSSR count). The number of hydrogen-bond donors (Lipinski definition) is 0. The maximum absolute atomic E-state index is 14.6. The summed E-state index contributed by atoms with van der Waals surface area (Å²) < 4.78 is 14.6. The van der Waals surface area contributed by atoms with Gasteiger partial charge in [0.1, 0.15) is 5.82 Å². The fraction of sp³-hybridized carbons (Fsp3) is 0.0952. The molecule has 0 unspecified atom stereocenters. The third-order valence-electron chi connectivity index (χ3n) is 4.62. The van der Waals surface area contributed by atoms with Crippen molar-refractivity contribution in [3.8, 4) is 28.3 Å². The lowest BCUT2D eigenvalue weighted by atomic mass is 9.90. The van der Waals surface area contributed by atoms with Crippen molar-refractivity contribution >= 4 is 0 Å². The Morgan fingerprint density at radius 1 is 0.957 bits per heavy atom. The number of nitrogens with zero attached hydrogens (tertiary/aromatic N) is 1. The zero-order valence-electron chi connectivity index (χ0n) is 12.7. The van der Waals surface area contributed by atoms with Crippen molar-refractivity contribution in [2.45, 2.75) is 13.3 Å². The summed E-state index contributed by atoms with van der Waals surface area (Å²) in [6.45, 7) is 1.83. The summed E-state index contributed by atoms with van der Waals surface area (Å²) in [5.41, 5.74) is 7.32. The van der Waals surface area contributed by atoms with E-state index in [-0.39, 0.29) is 5.82 Å². The van der Waals surface area contributed by atoms with E-state index in [0.717, 1.165) is 34.2 Å². The lowest BCUT2D eigenvalue weighted by Gasteiger charge is -2.14. The minimum absolute atomic E-state index is 0.219. The maximum atomic E-state index is 14.6. The Hall–Kier alpha value is -2.92. The third kappa shape index (κ3) is 1.98. The molecule has 0 fully saturated rings. The molecule has 0 amide bonds. The van der Waals surface area contributed by atoms with Gasteiger partial charge >= 0.3 is 0 Å². The monoisotopic (exact) mass is 299 g/mol. The van der Waals surface area contributed by atoms with E-state index < -0.39 is 0 Å². The maximum Gasteiger partial charge on any atom is 0.127 e. The van der Waals surface area contributed by atoms with Crippen LogP contribution in [-0.4, -0.2) is 0 Å². The second kappa shape index (κ2) is 5.07. The predicted octanol–water partition coefficient (Wildman–Crippen LogP) is 5.24. The van der Waals surface area contributed by atoms with E-state index in [1.165, 1.54) is 5.56 Å². The van der Waals surface area contributed by atoms with Crippen LogP contribution >= 0.6 is 0 Å². The number of fused-ring (bicyclic) bond motifs is 3. The molecule has 0 aliphatic heterocycles. The van der Waals surface area contributed by atoms with Crippen molar-refractivity contribution in [3.05, 3.63) is 82.7 Å². The minimum atomic E-state index is -0.219. The molecule has 110 valence electrons. The van der Waals surface area contributed by atoms with Gasteiger partial charge < -0.3 is 0 Å². The van der Waals surface area contributed by atoms with E-state index in [0.29, 0.717) is 11.1 Å². The summed E-state index contributed by atoms with van der Waals surface area (Å²) in [4.78, 5) is 0. The van der Waals surface area contributed by atoms with Crippen molar-refractivity contribution in [1.82, 2.24) is 0 Å². The second-order valence-corrected chi connectivity index (χ2v) is 5.88.